The van der Waals surface area contributed by atoms with Crippen molar-refractivity contribution in [2.75, 3.05) is 18.2 Å². The lowest BCUT2D eigenvalue weighted by Gasteiger charge is -2.08. The summed E-state index contributed by atoms with van der Waals surface area (Å²) >= 11 is 0. The highest BCUT2D eigenvalue weighted by atomic mass is 16.5. The van der Waals surface area contributed by atoms with Crippen molar-refractivity contribution in [3.8, 4) is 5.75 Å². The maximum atomic E-state index is 12.0. The van der Waals surface area contributed by atoms with E-state index < -0.39 is 0 Å². The molecule has 0 fully saturated rings. The predicted octanol–water partition coefficient (Wildman–Crippen LogP) is 2.23. The molecule has 1 heterocycles. The molecule has 3 N–H and O–H groups in total. The van der Waals surface area contributed by atoms with Gasteiger partial charge in [0.05, 0.1) is 12.8 Å². The molecule has 1 aromatic heterocycles. The van der Waals surface area contributed by atoms with Crippen LogP contribution in [-0.2, 0) is 0 Å². The van der Waals surface area contributed by atoms with Crippen molar-refractivity contribution in [3.63, 3.8) is 0 Å². The minimum atomic E-state index is -0.270. The molecule has 0 saturated carbocycles. The van der Waals surface area contributed by atoms with Crippen molar-refractivity contribution in [3.05, 3.63) is 47.8 Å². The zero-order valence-corrected chi connectivity index (χ0v) is 10.8. The second-order valence-electron chi connectivity index (χ2n) is 4.08. The van der Waals surface area contributed by atoms with Gasteiger partial charge in [0.15, 0.2) is 0 Å². The van der Waals surface area contributed by atoms with E-state index in [0.29, 0.717) is 22.8 Å². The molecular weight excluding hydrogens is 242 g/mol. The highest BCUT2D eigenvalue weighted by Crippen LogP contribution is 2.24. The number of nitrogen functional groups attached to an aromatic ring is 1. The molecule has 19 heavy (non-hydrogen) atoms. The molecule has 1 aromatic carbocycles. The minimum absolute atomic E-state index is 0.270. The van der Waals surface area contributed by atoms with Crippen LogP contribution in [0.25, 0.3) is 0 Å². The van der Waals surface area contributed by atoms with Gasteiger partial charge in [-0.3, -0.25) is 4.79 Å². The largest absolute Gasteiger partial charge is 0.495 e. The van der Waals surface area contributed by atoms with Gasteiger partial charge >= 0.3 is 0 Å². The van der Waals surface area contributed by atoms with Crippen LogP contribution in [0.5, 0.6) is 5.75 Å². The molecule has 0 spiro atoms. The third-order valence-electron chi connectivity index (χ3n) is 2.61. The van der Waals surface area contributed by atoms with Gasteiger partial charge in [-0.25, -0.2) is 4.98 Å². The fourth-order valence-corrected chi connectivity index (χ4v) is 1.68. The molecule has 0 radical (unpaired) electrons. The second kappa shape index (κ2) is 5.39. The molecule has 0 aliphatic heterocycles. The van der Waals surface area contributed by atoms with Crippen molar-refractivity contribution >= 4 is 17.3 Å². The number of nitrogens with two attached hydrogens (primary N) is 1. The Kier molecular flexibility index (Phi) is 3.66. The number of amides is 1. The SMILES string of the molecule is COc1ccc(NC(=O)c2cccc(C)n2)cc1N. The number of methoxy groups -OCH3 is 1. The van der Waals surface area contributed by atoms with Crippen molar-refractivity contribution in [2.24, 2.45) is 0 Å². The predicted molar refractivity (Wildman–Crippen MR) is 74.3 cm³/mol. The van der Waals surface area contributed by atoms with E-state index >= 15 is 0 Å². The Morgan fingerprint density at radius 2 is 2.11 bits per heavy atom. The van der Waals surface area contributed by atoms with Gasteiger partial charge in [-0.05, 0) is 37.3 Å². The zero-order valence-electron chi connectivity index (χ0n) is 10.8. The quantitative estimate of drug-likeness (QED) is 0.827. The lowest BCUT2D eigenvalue weighted by atomic mass is 10.2. The zero-order chi connectivity index (χ0) is 13.8. The second-order valence-corrected chi connectivity index (χ2v) is 4.08. The monoisotopic (exact) mass is 257 g/mol. The molecule has 0 bridgehead atoms. The molecule has 1 amide bonds. The van der Waals surface area contributed by atoms with Crippen LogP contribution in [-0.4, -0.2) is 18.0 Å². The summed E-state index contributed by atoms with van der Waals surface area (Å²) < 4.78 is 5.06. The molecule has 2 aromatic rings. The fourth-order valence-electron chi connectivity index (χ4n) is 1.68. The smallest absolute Gasteiger partial charge is 0.274 e. The van der Waals surface area contributed by atoms with Gasteiger partial charge < -0.3 is 15.8 Å². The van der Waals surface area contributed by atoms with Crippen LogP contribution in [0.15, 0.2) is 36.4 Å². The van der Waals surface area contributed by atoms with E-state index in [1.807, 2.05) is 13.0 Å². The number of ether oxygens (including phenoxy) is 1. The van der Waals surface area contributed by atoms with Gasteiger partial charge in [0, 0.05) is 11.4 Å². The van der Waals surface area contributed by atoms with Crippen molar-refractivity contribution < 1.29 is 9.53 Å². The third-order valence-corrected chi connectivity index (χ3v) is 2.61. The Bertz CT molecular complexity index is 611. The van der Waals surface area contributed by atoms with Crippen LogP contribution in [0.1, 0.15) is 16.2 Å². The number of hydrogen-bond acceptors (Lipinski definition) is 4. The number of nitrogens with zero attached hydrogens (tertiary/aromatic N) is 1. The van der Waals surface area contributed by atoms with Crippen LogP contribution < -0.4 is 15.8 Å². The highest BCUT2D eigenvalue weighted by Gasteiger charge is 2.08. The van der Waals surface area contributed by atoms with E-state index in [1.54, 1.807) is 37.4 Å². The van der Waals surface area contributed by atoms with Gasteiger partial charge in [0.25, 0.3) is 5.91 Å². The summed E-state index contributed by atoms with van der Waals surface area (Å²) in [4.78, 5) is 16.1. The van der Waals surface area contributed by atoms with Crippen molar-refractivity contribution in [1.29, 1.82) is 0 Å². The van der Waals surface area contributed by atoms with Crippen LogP contribution in [0.3, 0.4) is 0 Å². The number of anilines is 2. The number of carbonyl (C=O) groups excluding carboxylic acids is 1. The lowest BCUT2D eigenvalue weighted by molar-refractivity contribution is 0.102. The normalized spacial score (nSPS) is 10.0. The Labute approximate surface area is 111 Å². The van der Waals surface area contributed by atoms with E-state index in [-0.39, 0.29) is 5.91 Å². The van der Waals surface area contributed by atoms with Crippen molar-refractivity contribution in [1.82, 2.24) is 4.98 Å². The van der Waals surface area contributed by atoms with Crippen molar-refractivity contribution in [2.45, 2.75) is 6.92 Å². The van der Waals surface area contributed by atoms with E-state index in [4.69, 9.17) is 10.5 Å². The minimum Gasteiger partial charge on any atom is -0.495 e. The van der Waals surface area contributed by atoms with Crippen LogP contribution in [0, 0.1) is 6.92 Å². The van der Waals surface area contributed by atoms with Crippen LogP contribution in [0.4, 0.5) is 11.4 Å². The molecule has 0 aliphatic rings. The first-order valence-corrected chi connectivity index (χ1v) is 5.78. The summed E-state index contributed by atoms with van der Waals surface area (Å²) in [6.07, 6.45) is 0. The summed E-state index contributed by atoms with van der Waals surface area (Å²) in [5, 5.41) is 2.74. The number of hydrogen-bond donors (Lipinski definition) is 2. The first-order valence-electron chi connectivity index (χ1n) is 5.78. The van der Waals surface area contributed by atoms with E-state index in [0.717, 1.165) is 5.69 Å². The number of benzene rings is 1. The number of pyridine rings is 1. The molecule has 0 saturated heterocycles. The first-order chi connectivity index (χ1) is 9.10. The average molecular weight is 257 g/mol. The number of rotatable bonds is 3. The fraction of sp³-hybridized carbons (Fsp3) is 0.143. The summed E-state index contributed by atoms with van der Waals surface area (Å²) in [5.41, 5.74) is 8.01. The van der Waals surface area contributed by atoms with Crippen LogP contribution in [0.2, 0.25) is 0 Å². The Hall–Kier alpha value is -2.56. The van der Waals surface area contributed by atoms with Gasteiger partial charge in [-0.15, -0.1) is 0 Å². The Morgan fingerprint density at radius 3 is 2.74 bits per heavy atom. The van der Waals surface area contributed by atoms with Gasteiger partial charge in [0.2, 0.25) is 0 Å². The molecule has 0 aliphatic carbocycles. The molecule has 5 nitrogen and oxygen atoms in total. The number of nitrogens with one attached hydrogen (secondary N) is 1. The van der Waals surface area contributed by atoms with E-state index in [9.17, 15) is 4.79 Å². The number of carbonyl (C=O) groups is 1. The Morgan fingerprint density at radius 1 is 1.32 bits per heavy atom. The first kappa shape index (κ1) is 12.9. The summed E-state index contributed by atoms with van der Waals surface area (Å²) in [7, 11) is 1.54. The molecule has 5 heteroatoms. The van der Waals surface area contributed by atoms with Crippen LogP contribution >= 0.6 is 0 Å². The van der Waals surface area contributed by atoms with Gasteiger partial charge in [-0.2, -0.15) is 0 Å². The number of aryl methyl sites for hydroxylation is 1. The van der Waals surface area contributed by atoms with Gasteiger partial charge in [0.1, 0.15) is 11.4 Å². The maximum Gasteiger partial charge on any atom is 0.274 e. The van der Waals surface area contributed by atoms with Gasteiger partial charge in [-0.1, -0.05) is 6.07 Å². The standard InChI is InChI=1S/C14H15N3O2/c1-9-4-3-5-12(16-9)14(18)17-10-6-7-13(19-2)11(15)8-10/h3-8H,15H2,1-2H3,(H,17,18). The lowest BCUT2D eigenvalue weighted by Crippen LogP contribution is -2.14. The number of aromatic nitrogens is 1. The molecule has 2 rings (SSSR count). The average Bonchev–Trinajstić information content (AvgIpc) is 2.39. The maximum absolute atomic E-state index is 12.0. The Balaban J connectivity index is 2.17. The molecule has 98 valence electrons. The highest BCUT2D eigenvalue weighted by molar-refractivity contribution is 6.03. The molecular formula is C14H15N3O2. The molecule has 0 atom stereocenters. The summed E-state index contributed by atoms with van der Waals surface area (Å²) in [6.45, 7) is 1.84. The summed E-state index contributed by atoms with van der Waals surface area (Å²) in [5.74, 6) is 0.306. The van der Waals surface area contributed by atoms with E-state index in [2.05, 4.69) is 10.3 Å². The third kappa shape index (κ3) is 3.01. The topological polar surface area (TPSA) is 77.2 Å². The summed E-state index contributed by atoms with van der Waals surface area (Å²) in [6, 6.07) is 10.4. The van der Waals surface area contributed by atoms with E-state index in [1.165, 1.54) is 0 Å². The molecule has 0 unspecified atom stereocenters.